The van der Waals surface area contributed by atoms with Gasteiger partial charge in [0.1, 0.15) is 4.83 Å². The van der Waals surface area contributed by atoms with Crippen LogP contribution >= 0.6 is 27.7 Å². The first kappa shape index (κ1) is 13.6. The normalized spacial score (nSPS) is 12.2. The van der Waals surface area contributed by atoms with E-state index in [-0.39, 0.29) is 10.8 Å². The molecule has 1 unspecified atom stereocenters. The molecule has 0 aliphatic carbocycles. The quantitative estimate of drug-likeness (QED) is 0.485. The van der Waals surface area contributed by atoms with E-state index < -0.39 is 0 Å². The van der Waals surface area contributed by atoms with Crippen LogP contribution < -0.4 is 0 Å². The van der Waals surface area contributed by atoms with Crippen LogP contribution in [0.4, 0.5) is 0 Å². The van der Waals surface area contributed by atoms with Crippen molar-refractivity contribution in [3.05, 3.63) is 29.3 Å². The Hall–Kier alpha value is -0.480. The Bertz CT molecular complexity index is 379. The van der Waals surface area contributed by atoms with Crippen LogP contribution in [-0.2, 0) is 9.53 Å². The maximum absolute atomic E-state index is 11.2. The molecule has 1 aromatic rings. The summed E-state index contributed by atoms with van der Waals surface area (Å²) in [5.74, 6) is 0.450. The molecule has 0 aromatic heterocycles. The average Bonchev–Trinajstić information content (AvgIpc) is 2.29. The number of esters is 1. The number of aryl methyl sites for hydroxylation is 2. The van der Waals surface area contributed by atoms with Gasteiger partial charge in [0.2, 0.25) is 0 Å². The number of alkyl halides is 1. The van der Waals surface area contributed by atoms with E-state index >= 15 is 0 Å². The average molecular weight is 303 g/mol. The van der Waals surface area contributed by atoms with E-state index in [2.05, 4.69) is 52.7 Å². The lowest BCUT2D eigenvalue weighted by molar-refractivity contribution is -0.139. The predicted molar refractivity (Wildman–Crippen MR) is 71.4 cm³/mol. The second-order valence-electron chi connectivity index (χ2n) is 3.55. The number of benzene rings is 1. The van der Waals surface area contributed by atoms with Gasteiger partial charge < -0.3 is 4.74 Å². The van der Waals surface area contributed by atoms with Gasteiger partial charge in [-0.15, -0.1) is 11.8 Å². The van der Waals surface area contributed by atoms with Crippen LogP contribution in [0, 0.1) is 13.8 Å². The Kier molecular flexibility index (Phi) is 5.35. The second kappa shape index (κ2) is 6.30. The summed E-state index contributed by atoms with van der Waals surface area (Å²) < 4.78 is 4.64. The molecule has 88 valence electrons. The second-order valence-corrected chi connectivity index (χ2v) is 5.75. The molecular formula is C12H15BrO2S. The zero-order chi connectivity index (χ0) is 12.1. The Labute approximate surface area is 109 Å². The molecule has 2 nitrogen and oxygen atoms in total. The lowest BCUT2D eigenvalue weighted by Crippen LogP contribution is -2.17. The van der Waals surface area contributed by atoms with Gasteiger partial charge in [-0.1, -0.05) is 22.0 Å². The Morgan fingerprint density at radius 3 is 2.69 bits per heavy atom. The first-order valence-electron chi connectivity index (χ1n) is 4.96. The van der Waals surface area contributed by atoms with Gasteiger partial charge in [-0.05, 0) is 37.1 Å². The monoisotopic (exact) mass is 302 g/mol. The number of hydrogen-bond donors (Lipinski definition) is 0. The van der Waals surface area contributed by atoms with Gasteiger partial charge in [-0.2, -0.15) is 0 Å². The van der Waals surface area contributed by atoms with Crippen molar-refractivity contribution in [1.82, 2.24) is 0 Å². The van der Waals surface area contributed by atoms with E-state index in [1.807, 2.05) is 0 Å². The van der Waals surface area contributed by atoms with Gasteiger partial charge in [0.05, 0.1) is 7.11 Å². The first-order valence-corrected chi connectivity index (χ1v) is 6.86. The summed E-state index contributed by atoms with van der Waals surface area (Å²) in [4.78, 5) is 12.1. The number of hydrogen-bond acceptors (Lipinski definition) is 3. The molecule has 0 fully saturated rings. The summed E-state index contributed by atoms with van der Waals surface area (Å²) in [6.07, 6.45) is 0. The van der Waals surface area contributed by atoms with Crippen molar-refractivity contribution in [1.29, 1.82) is 0 Å². The molecule has 0 spiro atoms. The molecule has 0 bridgehead atoms. The highest BCUT2D eigenvalue weighted by Crippen LogP contribution is 2.23. The van der Waals surface area contributed by atoms with Gasteiger partial charge in [-0.25, -0.2) is 0 Å². The van der Waals surface area contributed by atoms with Crippen LogP contribution in [0.2, 0.25) is 0 Å². The highest BCUT2D eigenvalue weighted by molar-refractivity contribution is 9.10. The summed E-state index contributed by atoms with van der Waals surface area (Å²) in [6, 6.07) is 6.31. The smallest absolute Gasteiger partial charge is 0.320 e. The van der Waals surface area contributed by atoms with Gasteiger partial charge >= 0.3 is 5.97 Å². The number of ether oxygens (including phenoxy) is 1. The van der Waals surface area contributed by atoms with E-state index in [9.17, 15) is 4.79 Å². The van der Waals surface area contributed by atoms with Crippen LogP contribution in [0.3, 0.4) is 0 Å². The fourth-order valence-electron chi connectivity index (χ4n) is 1.17. The van der Waals surface area contributed by atoms with Crippen LogP contribution in [0.5, 0.6) is 0 Å². The summed E-state index contributed by atoms with van der Waals surface area (Å²) in [5.41, 5.74) is 2.56. The minimum Gasteiger partial charge on any atom is -0.468 e. The largest absolute Gasteiger partial charge is 0.468 e. The van der Waals surface area contributed by atoms with Crippen LogP contribution in [0.1, 0.15) is 11.1 Å². The lowest BCUT2D eigenvalue weighted by atomic mass is 10.1. The maximum atomic E-state index is 11.2. The van der Waals surface area contributed by atoms with E-state index in [0.29, 0.717) is 5.75 Å². The number of carbonyl (C=O) groups is 1. The molecule has 0 amide bonds. The Balaban J connectivity index is 2.55. The van der Waals surface area contributed by atoms with Crippen LogP contribution in [-0.4, -0.2) is 23.7 Å². The molecule has 1 aromatic carbocycles. The number of methoxy groups -OCH3 is 1. The highest BCUT2D eigenvalue weighted by atomic mass is 79.9. The molecule has 0 N–H and O–H groups in total. The molecule has 1 atom stereocenters. The number of carbonyl (C=O) groups excluding carboxylic acids is 1. The minimum atomic E-state index is -0.246. The highest BCUT2D eigenvalue weighted by Gasteiger charge is 2.15. The van der Waals surface area contributed by atoms with Gasteiger partial charge in [0.25, 0.3) is 0 Å². The van der Waals surface area contributed by atoms with Crippen molar-refractivity contribution in [2.24, 2.45) is 0 Å². The van der Waals surface area contributed by atoms with Crippen molar-refractivity contribution >= 4 is 33.7 Å². The van der Waals surface area contributed by atoms with Gasteiger partial charge in [0, 0.05) is 10.6 Å². The molecular weight excluding hydrogens is 288 g/mol. The van der Waals surface area contributed by atoms with Crippen molar-refractivity contribution < 1.29 is 9.53 Å². The first-order chi connectivity index (χ1) is 7.54. The van der Waals surface area contributed by atoms with Gasteiger partial charge in [0.15, 0.2) is 0 Å². The van der Waals surface area contributed by atoms with E-state index in [0.717, 1.165) is 0 Å². The molecule has 16 heavy (non-hydrogen) atoms. The molecule has 0 aliphatic rings. The van der Waals surface area contributed by atoms with Gasteiger partial charge in [-0.3, -0.25) is 4.79 Å². The third-order valence-corrected chi connectivity index (χ3v) is 4.55. The molecule has 0 saturated heterocycles. The zero-order valence-electron chi connectivity index (χ0n) is 9.62. The summed E-state index contributed by atoms with van der Waals surface area (Å²) >= 11 is 4.95. The van der Waals surface area contributed by atoms with Crippen molar-refractivity contribution in [2.75, 3.05) is 12.9 Å². The van der Waals surface area contributed by atoms with E-state index in [4.69, 9.17) is 0 Å². The minimum absolute atomic E-state index is 0.226. The fraction of sp³-hybridized carbons (Fsp3) is 0.417. The standard InChI is InChI=1S/C12H15BrO2S/c1-8-4-5-10(6-9(8)2)16-7-11(13)12(14)15-3/h4-6,11H,7H2,1-3H3. The van der Waals surface area contributed by atoms with Crippen LogP contribution in [0.15, 0.2) is 23.1 Å². The SMILES string of the molecule is COC(=O)C(Br)CSc1ccc(C)c(C)c1. The van der Waals surface area contributed by atoms with Crippen molar-refractivity contribution in [2.45, 2.75) is 23.6 Å². The molecule has 0 aliphatic heterocycles. The third-order valence-electron chi connectivity index (χ3n) is 2.33. The number of rotatable bonds is 4. The summed E-state index contributed by atoms with van der Waals surface area (Å²) in [6.45, 7) is 4.18. The molecule has 1 rings (SSSR count). The Morgan fingerprint density at radius 2 is 2.12 bits per heavy atom. The lowest BCUT2D eigenvalue weighted by Gasteiger charge is -2.08. The number of halogens is 1. The maximum Gasteiger partial charge on any atom is 0.320 e. The Morgan fingerprint density at radius 1 is 1.44 bits per heavy atom. The summed E-state index contributed by atoms with van der Waals surface area (Å²) in [7, 11) is 1.40. The summed E-state index contributed by atoms with van der Waals surface area (Å²) in [5, 5.41) is 0. The number of thioether (sulfide) groups is 1. The predicted octanol–water partition coefficient (Wildman–Crippen LogP) is 3.33. The van der Waals surface area contributed by atoms with Crippen LogP contribution in [0.25, 0.3) is 0 Å². The molecule has 0 saturated carbocycles. The molecule has 0 heterocycles. The fourth-order valence-corrected chi connectivity index (χ4v) is 2.65. The van der Waals surface area contributed by atoms with E-state index in [1.165, 1.54) is 23.1 Å². The van der Waals surface area contributed by atoms with E-state index in [1.54, 1.807) is 11.8 Å². The molecule has 4 heteroatoms. The topological polar surface area (TPSA) is 26.3 Å². The third kappa shape index (κ3) is 3.83. The molecule has 0 radical (unpaired) electrons. The zero-order valence-corrected chi connectivity index (χ0v) is 12.0. The van der Waals surface area contributed by atoms with Crippen molar-refractivity contribution in [3.8, 4) is 0 Å². The van der Waals surface area contributed by atoms with Crippen molar-refractivity contribution in [3.63, 3.8) is 0 Å².